The molecule has 3 aromatic rings. The second-order valence-electron chi connectivity index (χ2n) is 11.8. The van der Waals surface area contributed by atoms with Crippen molar-refractivity contribution in [1.82, 2.24) is 9.80 Å². The minimum atomic E-state index is -0.833. The van der Waals surface area contributed by atoms with Gasteiger partial charge in [-0.05, 0) is 61.1 Å². The van der Waals surface area contributed by atoms with Crippen molar-refractivity contribution in [3.05, 3.63) is 95.1 Å². The van der Waals surface area contributed by atoms with E-state index in [0.717, 1.165) is 99.6 Å². The second-order valence-corrected chi connectivity index (χ2v) is 11.8. The average molecular weight is 611 g/mol. The highest BCUT2D eigenvalue weighted by Crippen LogP contribution is 2.28. The zero-order chi connectivity index (χ0) is 31.1. The maximum absolute atomic E-state index is 14.3. The molecule has 0 heterocycles. The summed E-state index contributed by atoms with van der Waals surface area (Å²) in [4.78, 5) is 30.2. The molecule has 0 atom stereocenters. The zero-order valence-electron chi connectivity index (χ0n) is 24.6. The monoisotopic (exact) mass is 610 g/mol. The molecule has 2 aliphatic rings. The van der Waals surface area contributed by atoms with E-state index in [-0.39, 0.29) is 23.5 Å². The van der Waals surface area contributed by atoms with Gasteiger partial charge in [0.05, 0.1) is 11.4 Å². The van der Waals surface area contributed by atoms with Crippen LogP contribution in [-0.2, 0) is 13.1 Å². The van der Waals surface area contributed by atoms with Crippen molar-refractivity contribution < 1.29 is 27.2 Å². The van der Waals surface area contributed by atoms with E-state index < -0.39 is 35.3 Å². The van der Waals surface area contributed by atoms with Crippen LogP contribution in [0.15, 0.2) is 60.7 Å². The molecule has 0 saturated heterocycles. The SMILES string of the molecule is O=C(Nc1ccc(F)cc1F)N(Cc1ccc(CN(C(=O)Nc2ccc(F)cc2F)C2CCCCC2)cc1)C1CCCCC1. The van der Waals surface area contributed by atoms with Gasteiger partial charge in [0.1, 0.15) is 23.3 Å². The first-order valence-electron chi connectivity index (χ1n) is 15.4. The predicted molar refractivity (Wildman–Crippen MR) is 162 cm³/mol. The van der Waals surface area contributed by atoms with Crippen molar-refractivity contribution in [1.29, 1.82) is 0 Å². The van der Waals surface area contributed by atoms with Crippen LogP contribution < -0.4 is 10.6 Å². The number of nitrogens with one attached hydrogen (secondary N) is 2. The van der Waals surface area contributed by atoms with E-state index in [2.05, 4.69) is 10.6 Å². The van der Waals surface area contributed by atoms with Crippen molar-refractivity contribution >= 4 is 23.4 Å². The lowest BCUT2D eigenvalue weighted by molar-refractivity contribution is 0.161. The molecule has 2 saturated carbocycles. The van der Waals surface area contributed by atoms with Crippen molar-refractivity contribution in [2.24, 2.45) is 0 Å². The third-order valence-electron chi connectivity index (χ3n) is 8.63. The molecule has 3 aromatic carbocycles. The van der Waals surface area contributed by atoms with Crippen molar-refractivity contribution in [3.8, 4) is 0 Å². The zero-order valence-corrected chi connectivity index (χ0v) is 24.6. The predicted octanol–water partition coefficient (Wildman–Crippen LogP) is 8.98. The molecule has 5 rings (SSSR count). The fourth-order valence-corrected chi connectivity index (χ4v) is 6.22. The number of anilines is 2. The third kappa shape index (κ3) is 8.09. The fraction of sp³-hybridized carbons (Fsp3) is 0.412. The number of hydrogen-bond acceptors (Lipinski definition) is 2. The minimum Gasteiger partial charge on any atom is -0.317 e. The van der Waals surface area contributed by atoms with Crippen LogP contribution >= 0.6 is 0 Å². The number of halogens is 4. The Morgan fingerprint density at radius 1 is 0.568 bits per heavy atom. The number of urea groups is 2. The Morgan fingerprint density at radius 3 is 1.27 bits per heavy atom. The summed E-state index contributed by atoms with van der Waals surface area (Å²) < 4.78 is 55.4. The number of rotatable bonds is 8. The van der Waals surface area contributed by atoms with Gasteiger partial charge in [0, 0.05) is 37.3 Å². The van der Waals surface area contributed by atoms with Gasteiger partial charge in [-0.3, -0.25) is 0 Å². The highest BCUT2D eigenvalue weighted by molar-refractivity contribution is 5.90. The first kappa shape index (κ1) is 31.3. The molecule has 2 aliphatic carbocycles. The number of hydrogen-bond donors (Lipinski definition) is 2. The fourth-order valence-electron chi connectivity index (χ4n) is 6.22. The average Bonchev–Trinajstić information content (AvgIpc) is 3.02. The Kier molecular flexibility index (Phi) is 10.4. The number of carbonyl (C=O) groups excluding carboxylic acids is 2. The van der Waals surface area contributed by atoms with Gasteiger partial charge in [-0.1, -0.05) is 62.8 Å². The van der Waals surface area contributed by atoms with Gasteiger partial charge in [-0.2, -0.15) is 0 Å². The van der Waals surface area contributed by atoms with E-state index in [9.17, 15) is 27.2 Å². The van der Waals surface area contributed by atoms with Gasteiger partial charge in [0.25, 0.3) is 0 Å². The van der Waals surface area contributed by atoms with Crippen LogP contribution in [0.1, 0.15) is 75.3 Å². The maximum atomic E-state index is 14.3. The molecular formula is C34H38F4N4O2. The molecular weight excluding hydrogens is 572 g/mol. The van der Waals surface area contributed by atoms with Crippen LogP contribution in [0.4, 0.5) is 38.5 Å². The van der Waals surface area contributed by atoms with E-state index in [1.807, 2.05) is 24.3 Å². The number of carbonyl (C=O) groups is 2. The summed E-state index contributed by atoms with van der Waals surface area (Å²) in [5.41, 5.74) is 1.59. The molecule has 0 radical (unpaired) electrons. The molecule has 44 heavy (non-hydrogen) atoms. The van der Waals surface area contributed by atoms with Gasteiger partial charge < -0.3 is 20.4 Å². The summed E-state index contributed by atoms with van der Waals surface area (Å²) in [7, 11) is 0. The van der Waals surface area contributed by atoms with Crippen LogP contribution in [0, 0.1) is 23.3 Å². The number of benzene rings is 3. The van der Waals surface area contributed by atoms with E-state index in [0.29, 0.717) is 13.1 Å². The second kappa shape index (κ2) is 14.6. The highest BCUT2D eigenvalue weighted by atomic mass is 19.1. The van der Waals surface area contributed by atoms with Crippen molar-refractivity contribution in [2.45, 2.75) is 89.4 Å². The lowest BCUT2D eigenvalue weighted by Gasteiger charge is -2.35. The van der Waals surface area contributed by atoms with Crippen molar-refractivity contribution in [2.75, 3.05) is 10.6 Å². The van der Waals surface area contributed by atoms with Crippen LogP contribution in [0.25, 0.3) is 0 Å². The summed E-state index contributed by atoms with van der Waals surface area (Å²) in [5, 5.41) is 5.23. The highest BCUT2D eigenvalue weighted by Gasteiger charge is 2.28. The molecule has 0 aromatic heterocycles. The molecule has 0 bridgehead atoms. The van der Waals surface area contributed by atoms with Crippen LogP contribution in [0.5, 0.6) is 0 Å². The summed E-state index contributed by atoms with van der Waals surface area (Å²) in [6, 6.07) is 12.9. The van der Waals surface area contributed by atoms with Crippen LogP contribution in [0.2, 0.25) is 0 Å². The lowest BCUT2D eigenvalue weighted by Crippen LogP contribution is -2.43. The van der Waals surface area contributed by atoms with Crippen LogP contribution in [0.3, 0.4) is 0 Å². The molecule has 0 spiro atoms. The molecule has 0 unspecified atom stereocenters. The molecule has 2 fully saturated rings. The van der Waals surface area contributed by atoms with Gasteiger partial charge in [0.2, 0.25) is 0 Å². The third-order valence-corrected chi connectivity index (χ3v) is 8.63. The Labute approximate surface area is 255 Å². The summed E-state index contributed by atoms with van der Waals surface area (Å²) >= 11 is 0. The normalized spacial score (nSPS) is 15.9. The smallest absolute Gasteiger partial charge is 0.317 e. The number of nitrogens with zero attached hydrogens (tertiary/aromatic N) is 2. The van der Waals surface area contributed by atoms with E-state index in [1.54, 1.807) is 9.80 Å². The van der Waals surface area contributed by atoms with E-state index in [1.165, 1.54) is 12.1 Å². The molecule has 4 amide bonds. The minimum absolute atomic E-state index is 0.00992. The van der Waals surface area contributed by atoms with E-state index in [4.69, 9.17) is 0 Å². The largest absolute Gasteiger partial charge is 0.322 e. The van der Waals surface area contributed by atoms with Gasteiger partial charge in [0.15, 0.2) is 0 Å². The molecule has 0 aliphatic heterocycles. The Morgan fingerprint density at radius 2 is 0.932 bits per heavy atom. The standard InChI is InChI=1S/C34H38F4N4O2/c35-25-15-17-31(29(37)19-25)39-33(43)41(27-7-3-1-4-8-27)21-23-11-13-24(14-12-23)22-42(28-9-5-2-6-10-28)34(44)40-32-18-16-26(36)20-30(32)38/h11-20,27-28H,1-10,21-22H2,(H,39,43)(H,40,44). The summed E-state index contributed by atoms with van der Waals surface area (Å²) in [5.74, 6) is -3.10. The maximum Gasteiger partial charge on any atom is 0.322 e. The molecule has 234 valence electrons. The first-order chi connectivity index (χ1) is 21.3. The topological polar surface area (TPSA) is 64.7 Å². The summed E-state index contributed by atoms with van der Waals surface area (Å²) in [6.45, 7) is 0.604. The van der Waals surface area contributed by atoms with Gasteiger partial charge >= 0.3 is 12.1 Å². The van der Waals surface area contributed by atoms with Crippen LogP contribution in [-0.4, -0.2) is 33.9 Å². The van der Waals surface area contributed by atoms with Gasteiger partial charge in [-0.15, -0.1) is 0 Å². The Balaban J connectivity index is 1.30. The lowest BCUT2D eigenvalue weighted by atomic mass is 9.93. The molecule has 10 heteroatoms. The quantitative estimate of drug-likeness (QED) is 0.250. The first-order valence-corrected chi connectivity index (χ1v) is 15.4. The Bertz CT molecular complexity index is 1330. The number of amides is 4. The van der Waals surface area contributed by atoms with Crippen molar-refractivity contribution in [3.63, 3.8) is 0 Å². The molecule has 6 nitrogen and oxygen atoms in total. The van der Waals surface area contributed by atoms with E-state index >= 15 is 0 Å². The Hall–Kier alpha value is -4.08. The molecule has 2 N–H and O–H groups in total. The summed E-state index contributed by atoms with van der Waals surface area (Å²) in [6.07, 6.45) is 9.58. The van der Waals surface area contributed by atoms with Gasteiger partial charge in [-0.25, -0.2) is 27.2 Å².